The van der Waals surface area contributed by atoms with Crippen molar-refractivity contribution < 1.29 is 4.74 Å². The highest BCUT2D eigenvalue weighted by molar-refractivity contribution is 7.10. The van der Waals surface area contributed by atoms with Gasteiger partial charge >= 0.3 is 0 Å². The van der Waals surface area contributed by atoms with E-state index in [-0.39, 0.29) is 0 Å². The first-order valence-electron chi connectivity index (χ1n) is 6.83. The number of nitrogens with one attached hydrogen (secondary N) is 1. The molecule has 20 heavy (non-hydrogen) atoms. The van der Waals surface area contributed by atoms with E-state index >= 15 is 0 Å². The molecule has 108 valence electrons. The zero-order valence-electron chi connectivity index (χ0n) is 11.9. The third-order valence-electron chi connectivity index (χ3n) is 3.17. The minimum Gasteiger partial charge on any atom is -0.496 e. The molecule has 2 rings (SSSR count). The molecule has 2 nitrogen and oxygen atoms in total. The number of rotatable bonds is 7. The maximum Gasteiger partial charge on any atom is 0.129 e. The number of hydrogen-bond donors (Lipinski definition) is 1. The average Bonchev–Trinajstić information content (AvgIpc) is 2.94. The molecule has 2 aromatic rings. The summed E-state index contributed by atoms with van der Waals surface area (Å²) >= 11 is 7.68. The van der Waals surface area contributed by atoms with E-state index < -0.39 is 0 Å². The first kappa shape index (κ1) is 15.4. The lowest BCUT2D eigenvalue weighted by molar-refractivity contribution is 0.415. The summed E-state index contributed by atoms with van der Waals surface area (Å²) in [6, 6.07) is 10.5. The van der Waals surface area contributed by atoms with Crippen LogP contribution < -0.4 is 10.1 Å². The highest BCUT2D eigenvalue weighted by Gasteiger charge is 2.14. The maximum absolute atomic E-state index is 5.94. The molecule has 0 fully saturated rings. The smallest absolute Gasteiger partial charge is 0.129 e. The maximum atomic E-state index is 5.94. The van der Waals surface area contributed by atoms with E-state index in [1.54, 1.807) is 18.4 Å². The van der Waals surface area contributed by atoms with Gasteiger partial charge in [0, 0.05) is 21.3 Å². The van der Waals surface area contributed by atoms with E-state index in [1.807, 2.05) is 12.1 Å². The van der Waals surface area contributed by atoms with E-state index in [0.717, 1.165) is 30.2 Å². The van der Waals surface area contributed by atoms with E-state index in [9.17, 15) is 0 Å². The van der Waals surface area contributed by atoms with Gasteiger partial charge in [-0.2, -0.15) is 0 Å². The van der Waals surface area contributed by atoms with Gasteiger partial charge in [0.1, 0.15) is 5.75 Å². The van der Waals surface area contributed by atoms with Crippen molar-refractivity contribution in [1.82, 2.24) is 5.32 Å². The molecule has 0 aliphatic carbocycles. The number of benzene rings is 1. The SMILES string of the molecule is CCCNC(Cc1ccc(Cl)cc1)c1cc(OC)cs1. The van der Waals surface area contributed by atoms with Gasteiger partial charge in [0.2, 0.25) is 0 Å². The second kappa shape index (κ2) is 7.67. The molecule has 1 aromatic carbocycles. The molecule has 4 heteroatoms. The zero-order valence-corrected chi connectivity index (χ0v) is 13.4. The van der Waals surface area contributed by atoms with Crippen LogP contribution in [0.1, 0.15) is 29.8 Å². The van der Waals surface area contributed by atoms with Crippen LogP contribution in [0.15, 0.2) is 35.7 Å². The number of thiophene rings is 1. The van der Waals surface area contributed by atoms with Gasteiger partial charge in [-0.1, -0.05) is 30.7 Å². The Labute approximate surface area is 129 Å². The van der Waals surface area contributed by atoms with Gasteiger partial charge in [-0.15, -0.1) is 11.3 Å². The van der Waals surface area contributed by atoms with E-state index in [4.69, 9.17) is 16.3 Å². The van der Waals surface area contributed by atoms with Crippen LogP contribution in [0.4, 0.5) is 0 Å². The summed E-state index contributed by atoms with van der Waals surface area (Å²) in [5.41, 5.74) is 1.29. The lowest BCUT2D eigenvalue weighted by Crippen LogP contribution is -2.23. The van der Waals surface area contributed by atoms with Gasteiger partial charge in [-0.05, 0) is 43.1 Å². The summed E-state index contributed by atoms with van der Waals surface area (Å²) in [6.45, 7) is 3.19. The van der Waals surface area contributed by atoms with Gasteiger partial charge in [-0.3, -0.25) is 0 Å². The van der Waals surface area contributed by atoms with Crippen LogP contribution in [-0.2, 0) is 6.42 Å². The zero-order chi connectivity index (χ0) is 14.4. The Hall–Kier alpha value is -1.03. The number of methoxy groups -OCH3 is 1. The molecular formula is C16H20ClNOS. The fourth-order valence-corrected chi connectivity index (χ4v) is 3.13. The Morgan fingerprint density at radius 3 is 2.65 bits per heavy atom. The van der Waals surface area contributed by atoms with Crippen molar-refractivity contribution in [3.63, 3.8) is 0 Å². The van der Waals surface area contributed by atoms with Gasteiger partial charge in [0.05, 0.1) is 7.11 Å². The molecule has 1 unspecified atom stereocenters. The predicted molar refractivity (Wildman–Crippen MR) is 87.1 cm³/mol. The molecule has 0 saturated heterocycles. The summed E-state index contributed by atoms with van der Waals surface area (Å²) in [5, 5.41) is 6.44. The highest BCUT2D eigenvalue weighted by atomic mass is 35.5. The van der Waals surface area contributed by atoms with Gasteiger partial charge in [0.15, 0.2) is 0 Å². The van der Waals surface area contributed by atoms with Crippen molar-refractivity contribution in [2.24, 2.45) is 0 Å². The van der Waals surface area contributed by atoms with Gasteiger partial charge < -0.3 is 10.1 Å². The molecule has 1 N–H and O–H groups in total. The molecule has 0 aliphatic heterocycles. The van der Waals surface area contributed by atoms with Crippen LogP contribution >= 0.6 is 22.9 Å². The van der Waals surface area contributed by atoms with Crippen LogP contribution in [0.2, 0.25) is 5.02 Å². The third kappa shape index (κ3) is 4.23. The molecule has 1 aromatic heterocycles. The Bertz CT molecular complexity index is 524. The van der Waals surface area contributed by atoms with Crippen molar-refractivity contribution in [2.45, 2.75) is 25.8 Å². The van der Waals surface area contributed by atoms with E-state index in [2.05, 4.69) is 35.8 Å². The molecule has 0 saturated carbocycles. The lowest BCUT2D eigenvalue weighted by atomic mass is 10.0. The van der Waals surface area contributed by atoms with Crippen molar-refractivity contribution >= 4 is 22.9 Å². The first-order valence-corrected chi connectivity index (χ1v) is 8.09. The molecular weight excluding hydrogens is 290 g/mol. The second-order valence-corrected chi connectivity index (χ2v) is 6.11. The van der Waals surface area contributed by atoms with Crippen molar-refractivity contribution in [3.05, 3.63) is 51.2 Å². The monoisotopic (exact) mass is 309 g/mol. The Kier molecular flexibility index (Phi) is 5.89. The fraction of sp³-hybridized carbons (Fsp3) is 0.375. The molecule has 0 amide bonds. The standard InChI is InChI=1S/C16H20ClNOS/c1-3-8-18-15(16-10-14(19-2)11-20-16)9-12-4-6-13(17)7-5-12/h4-7,10-11,15,18H,3,8-9H2,1-2H3. The summed E-state index contributed by atoms with van der Waals surface area (Å²) in [4.78, 5) is 1.31. The molecule has 1 heterocycles. The summed E-state index contributed by atoms with van der Waals surface area (Å²) in [5.74, 6) is 0.935. The third-order valence-corrected chi connectivity index (χ3v) is 4.45. The number of halogens is 1. The first-order chi connectivity index (χ1) is 9.72. The van der Waals surface area contributed by atoms with E-state index in [0.29, 0.717) is 6.04 Å². The average molecular weight is 310 g/mol. The second-order valence-electron chi connectivity index (χ2n) is 4.73. The van der Waals surface area contributed by atoms with Crippen LogP contribution in [0, 0.1) is 0 Å². The minimum atomic E-state index is 0.324. The molecule has 0 aliphatic rings. The van der Waals surface area contributed by atoms with Gasteiger partial charge in [-0.25, -0.2) is 0 Å². The topological polar surface area (TPSA) is 21.3 Å². The normalized spacial score (nSPS) is 12.3. The van der Waals surface area contributed by atoms with Crippen LogP contribution in [0.3, 0.4) is 0 Å². The molecule has 0 spiro atoms. The lowest BCUT2D eigenvalue weighted by Gasteiger charge is -2.17. The van der Waals surface area contributed by atoms with Crippen molar-refractivity contribution in [2.75, 3.05) is 13.7 Å². The van der Waals surface area contributed by atoms with Gasteiger partial charge in [0.25, 0.3) is 0 Å². The van der Waals surface area contributed by atoms with Crippen molar-refractivity contribution in [3.8, 4) is 5.75 Å². The molecule has 0 bridgehead atoms. The summed E-state index contributed by atoms with van der Waals surface area (Å²) in [6.07, 6.45) is 2.08. The predicted octanol–water partition coefficient (Wildman–Crippen LogP) is 4.69. The molecule has 1 atom stereocenters. The largest absolute Gasteiger partial charge is 0.496 e. The summed E-state index contributed by atoms with van der Waals surface area (Å²) in [7, 11) is 1.71. The highest BCUT2D eigenvalue weighted by Crippen LogP contribution is 2.29. The Balaban J connectivity index is 2.12. The fourth-order valence-electron chi connectivity index (χ4n) is 2.07. The minimum absolute atomic E-state index is 0.324. The van der Waals surface area contributed by atoms with Crippen LogP contribution in [0.25, 0.3) is 0 Å². The number of ether oxygens (including phenoxy) is 1. The molecule has 0 radical (unpaired) electrons. The van der Waals surface area contributed by atoms with Crippen LogP contribution in [-0.4, -0.2) is 13.7 Å². The number of hydrogen-bond acceptors (Lipinski definition) is 3. The summed E-state index contributed by atoms with van der Waals surface area (Å²) < 4.78 is 5.28. The van der Waals surface area contributed by atoms with Crippen molar-refractivity contribution in [1.29, 1.82) is 0 Å². The van der Waals surface area contributed by atoms with E-state index in [1.165, 1.54) is 10.4 Å². The quantitative estimate of drug-likeness (QED) is 0.801. The Morgan fingerprint density at radius 2 is 2.05 bits per heavy atom. The van der Waals surface area contributed by atoms with Crippen LogP contribution in [0.5, 0.6) is 5.75 Å². The Morgan fingerprint density at radius 1 is 1.30 bits per heavy atom.